The molecule has 4 nitrogen and oxygen atoms in total. The first kappa shape index (κ1) is 12.8. The average Bonchev–Trinajstić information content (AvgIpc) is 3.12. The third kappa shape index (κ3) is 2.72. The fourth-order valence-electron chi connectivity index (χ4n) is 2.74. The summed E-state index contributed by atoms with van der Waals surface area (Å²) in [4.78, 5) is 2.44. The summed E-state index contributed by atoms with van der Waals surface area (Å²) in [5.41, 5.74) is 1.47. The Kier molecular flexibility index (Phi) is 3.66. The van der Waals surface area contributed by atoms with Gasteiger partial charge < -0.3 is 4.42 Å². The number of nitrogens with zero attached hydrogens (tertiary/aromatic N) is 3. The summed E-state index contributed by atoms with van der Waals surface area (Å²) in [6, 6.07) is 2.81. The van der Waals surface area contributed by atoms with Crippen LogP contribution in [0.15, 0.2) is 21.2 Å². The fourth-order valence-corrected chi connectivity index (χ4v) is 3.48. The average molecular weight is 277 g/mol. The lowest BCUT2D eigenvalue weighted by Crippen LogP contribution is -2.26. The number of hydrogen-bond acceptors (Lipinski definition) is 5. The standard InChI is InChI=1S/C14H19N3OS/c1-3-13-15-16-14(18-13)8-17-7-12(6-10(17)2)11-4-5-19-9-11/h4-5,9-10,12H,3,6-8H2,1-2H3/t10-,12-/m0/s1. The topological polar surface area (TPSA) is 42.2 Å². The third-order valence-corrected chi connectivity index (χ3v) is 4.57. The highest BCUT2D eigenvalue weighted by Gasteiger charge is 2.31. The lowest BCUT2D eigenvalue weighted by Gasteiger charge is -2.18. The van der Waals surface area contributed by atoms with Crippen molar-refractivity contribution in [2.24, 2.45) is 0 Å². The molecule has 0 saturated carbocycles. The van der Waals surface area contributed by atoms with Gasteiger partial charge in [0.05, 0.1) is 6.54 Å². The van der Waals surface area contributed by atoms with Gasteiger partial charge in [0, 0.05) is 19.0 Å². The molecule has 1 aliphatic rings. The van der Waals surface area contributed by atoms with E-state index in [1.54, 1.807) is 11.3 Å². The smallest absolute Gasteiger partial charge is 0.230 e. The minimum absolute atomic E-state index is 0.571. The molecule has 2 aromatic heterocycles. The zero-order valence-electron chi connectivity index (χ0n) is 11.4. The summed E-state index contributed by atoms with van der Waals surface area (Å²) in [6.07, 6.45) is 2.02. The van der Waals surface area contributed by atoms with Gasteiger partial charge in [-0.05, 0) is 41.7 Å². The first-order valence-corrected chi connectivity index (χ1v) is 7.78. The molecule has 0 unspecified atom stereocenters. The molecule has 1 aliphatic heterocycles. The van der Waals surface area contributed by atoms with Gasteiger partial charge in [0.15, 0.2) is 0 Å². The largest absolute Gasteiger partial charge is 0.424 e. The van der Waals surface area contributed by atoms with Gasteiger partial charge in [-0.1, -0.05) is 6.92 Å². The van der Waals surface area contributed by atoms with Gasteiger partial charge in [-0.15, -0.1) is 10.2 Å². The quantitative estimate of drug-likeness (QED) is 0.861. The van der Waals surface area contributed by atoms with E-state index in [9.17, 15) is 0 Å². The highest BCUT2D eigenvalue weighted by Crippen LogP contribution is 2.33. The van der Waals surface area contributed by atoms with Crippen molar-refractivity contribution in [1.82, 2.24) is 15.1 Å². The van der Waals surface area contributed by atoms with Gasteiger partial charge in [-0.3, -0.25) is 4.90 Å². The molecule has 19 heavy (non-hydrogen) atoms. The fraction of sp³-hybridized carbons (Fsp3) is 0.571. The molecular formula is C14H19N3OS. The molecule has 0 N–H and O–H groups in total. The van der Waals surface area contributed by atoms with E-state index in [4.69, 9.17) is 4.42 Å². The van der Waals surface area contributed by atoms with Gasteiger partial charge in [0.2, 0.25) is 11.8 Å². The molecule has 1 fully saturated rings. The molecule has 0 spiro atoms. The van der Waals surface area contributed by atoms with Crippen LogP contribution in [0, 0.1) is 0 Å². The zero-order chi connectivity index (χ0) is 13.2. The maximum absolute atomic E-state index is 5.61. The molecule has 1 saturated heterocycles. The van der Waals surface area contributed by atoms with Crippen LogP contribution in [0.25, 0.3) is 0 Å². The Hall–Kier alpha value is -1.20. The second-order valence-electron chi connectivity index (χ2n) is 5.21. The van der Waals surface area contributed by atoms with E-state index in [2.05, 4.69) is 38.8 Å². The van der Waals surface area contributed by atoms with Crippen LogP contribution >= 0.6 is 11.3 Å². The first-order chi connectivity index (χ1) is 9.26. The number of thiophene rings is 1. The van der Waals surface area contributed by atoms with Crippen molar-refractivity contribution in [3.05, 3.63) is 34.2 Å². The monoisotopic (exact) mass is 277 g/mol. The number of aryl methyl sites for hydroxylation is 1. The Morgan fingerprint density at radius 2 is 2.26 bits per heavy atom. The summed E-state index contributed by atoms with van der Waals surface area (Å²) in [5.74, 6) is 2.13. The lowest BCUT2D eigenvalue weighted by atomic mass is 10.00. The van der Waals surface area contributed by atoms with Gasteiger partial charge in [-0.25, -0.2) is 0 Å². The summed E-state index contributed by atoms with van der Waals surface area (Å²) in [6.45, 7) is 6.17. The second-order valence-corrected chi connectivity index (χ2v) is 5.99. The van der Waals surface area contributed by atoms with Gasteiger partial charge in [-0.2, -0.15) is 11.3 Å². The van der Waals surface area contributed by atoms with Crippen LogP contribution in [0.3, 0.4) is 0 Å². The molecule has 0 aliphatic carbocycles. The minimum Gasteiger partial charge on any atom is -0.424 e. The zero-order valence-corrected chi connectivity index (χ0v) is 12.2. The van der Waals surface area contributed by atoms with Gasteiger partial charge in [0.25, 0.3) is 0 Å². The van der Waals surface area contributed by atoms with Crippen molar-refractivity contribution in [2.45, 2.75) is 45.2 Å². The van der Waals surface area contributed by atoms with Crippen molar-refractivity contribution in [1.29, 1.82) is 0 Å². The summed E-state index contributed by atoms with van der Waals surface area (Å²) < 4.78 is 5.61. The lowest BCUT2D eigenvalue weighted by molar-refractivity contribution is 0.230. The highest BCUT2D eigenvalue weighted by molar-refractivity contribution is 7.07. The SMILES string of the molecule is CCc1nnc(CN2C[C@@H](c3ccsc3)C[C@@H]2C)o1. The number of rotatable bonds is 4. The predicted octanol–water partition coefficient (Wildman–Crippen LogP) is 3.07. The number of aromatic nitrogens is 2. The Morgan fingerprint density at radius 1 is 1.42 bits per heavy atom. The third-order valence-electron chi connectivity index (χ3n) is 3.87. The van der Waals surface area contributed by atoms with E-state index < -0.39 is 0 Å². The van der Waals surface area contributed by atoms with Crippen molar-refractivity contribution in [2.75, 3.05) is 6.54 Å². The molecule has 0 amide bonds. The second kappa shape index (κ2) is 5.43. The Bertz CT molecular complexity index is 523. The van der Waals surface area contributed by atoms with Crippen molar-refractivity contribution in [3.63, 3.8) is 0 Å². The summed E-state index contributed by atoms with van der Waals surface area (Å²) >= 11 is 1.78. The highest BCUT2D eigenvalue weighted by atomic mass is 32.1. The molecule has 0 bridgehead atoms. The van der Waals surface area contributed by atoms with Crippen LogP contribution in [0.2, 0.25) is 0 Å². The van der Waals surface area contributed by atoms with Crippen LogP contribution in [0.4, 0.5) is 0 Å². The molecular weight excluding hydrogens is 258 g/mol. The molecule has 102 valence electrons. The molecule has 0 radical (unpaired) electrons. The van der Waals surface area contributed by atoms with E-state index in [0.29, 0.717) is 12.0 Å². The van der Waals surface area contributed by atoms with E-state index >= 15 is 0 Å². The van der Waals surface area contributed by atoms with Gasteiger partial charge >= 0.3 is 0 Å². The van der Waals surface area contributed by atoms with Crippen molar-refractivity contribution >= 4 is 11.3 Å². The Balaban J connectivity index is 1.65. The summed E-state index contributed by atoms with van der Waals surface area (Å²) in [7, 11) is 0. The summed E-state index contributed by atoms with van der Waals surface area (Å²) in [5, 5.41) is 12.6. The van der Waals surface area contributed by atoms with Crippen LogP contribution in [0.1, 0.15) is 43.5 Å². The van der Waals surface area contributed by atoms with E-state index in [1.165, 1.54) is 12.0 Å². The Morgan fingerprint density at radius 3 is 2.95 bits per heavy atom. The maximum Gasteiger partial charge on any atom is 0.230 e. The molecule has 3 heterocycles. The maximum atomic E-state index is 5.61. The van der Waals surface area contributed by atoms with Crippen LogP contribution in [-0.2, 0) is 13.0 Å². The molecule has 2 atom stereocenters. The molecule has 5 heteroatoms. The normalized spacial score (nSPS) is 24.1. The minimum atomic E-state index is 0.571. The van der Waals surface area contributed by atoms with E-state index in [-0.39, 0.29) is 0 Å². The predicted molar refractivity (Wildman–Crippen MR) is 75.2 cm³/mol. The van der Waals surface area contributed by atoms with E-state index in [1.807, 2.05) is 6.92 Å². The first-order valence-electron chi connectivity index (χ1n) is 6.83. The number of likely N-dealkylation sites (tertiary alicyclic amines) is 1. The van der Waals surface area contributed by atoms with Crippen LogP contribution in [-0.4, -0.2) is 27.7 Å². The van der Waals surface area contributed by atoms with Crippen molar-refractivity contribution < 1.29 is 4.42 Å². The number of hydrogen-bond donors (Lipinski definition) is 0. The van der Waals surface area contributed by atoms with Crippen LogP contribution < -0.4 is 0 Å². The molecule has 2 aromatic rings. The van der Waals surface area contributed by atoms with Gasteiger partial charge in [0.1, 0.15) is 0 Å². The van der Waals surface area contributed by atoms with Crippen LogP contribution in [0.5, 0.6) is 0 Å². The molecule has 0 aromatic carbocycles. The van der Waals surface area contributed by atoms with Crippen molar-refractivity contribution in [3.8, 4) is 0 Å². The molecule has 3 rings (SSSR count). The Labute approximate surface area is 117 Å². The van der Waals surface area contributed by atoms with E-state index in [0.717, 1.165) is 31.3 Å².